The summed E-state index contributed by atoms with van der Waals surface area (Å²) in [6.07, 6.45) is 3.64. The first kappa shape index (κ1) is 18.5. The van der Waals surface area contributed by atoms with E-state index in [-0.39, 0.29) is 7.69 Å². The highest BCUT2D eigenvalue weighted by Gasteiger charge is 2.31. The van der Waals surface area contributed by atoms with Crippen LogP contribution < -0.4 is 0 Å². The molecule has 99 valence electrons. The van der Waals surface area contributed by atoms with E-state index in [2.05, 4.69) is 5.10 Å². The van der Waals surface area contributed by atoms with Gasteiger partial charge in [-0.25, -0.2) is 0 Å². The highest BCUT2D eigenvalue weighted by molar-refractivity contribution is 6.13. The number of aliphatic hydroxyl groups is 2. The molecule has 0 aliphatic rings. The van der Waals surface area contributed by atoms with Crippen LogP contribution in [0.2, 0.25) is 0 Å². The van der Waals surface area contributed by atoms with Crippen molar-refractivity contribution in [2.45, 2.75) is 38.9 Å². The van der Waals surface area contributed by atoms with Crippen molar-refractivity contribution < 1.29 is 20.3 Å². The molecule has 1 aromatic rings. The lowest BCUT2D eigenvalue weighted by atomic mass is 9.90. The maximum Gasteiger partial charge on any atom is 0.482 e. The molecular weight excluding hydrogens is 223 g/mol. The van der Waals surface area contributed by atoms with E-state index >= 15 is 0 Å². The van der Waals surface area contributed by atoms with Gasteiger partial charge >= 0.3 is 7.69 Å². The Bertz CT molecular complexity index is 253. The number of aromatic nitrogens is 2. The lowest BCUT2D eigenvalue weighted by Gasteiger charge is -2.31. The molecule has 0 atom stereocenters. The summed E-state index contributed by atoms with van der Waals surface area (Å²) < 4.78 is 1.75. The van der Waals surface area contributed by atoms with Gasteiger partial charge < -0.3 is 20.3 Å². The molecular formula is C10H22BN2O4. The van der Waals surface area contributed by atoms with Crippen molar-refractivity contribution in [1.29, 1.82) is 0 Å². The second-order valence-electron chi connectivity index (χ2n) is 4.41. The summed E-state index contributed by atoms with van der Waals surface area (Å²) in [5.41, 5.74) is -2.01. The normalized spacial score (nSPS) is 10.6. The van der Waals surface area contributed by atoms with E-state index < -0.39 is 11.2 Å². The molecule has 6 nitrogen and oxygen atoms in total. The second kappa shape index (κ2) is 8.24. The minimum atomic E-state index is -1.01. The van der Waals surface area contributed by atoms with Crippen LogP contribution in [0, 0.1) is 0 Å². The molecule has 0 aliphatic carbocycles. The standard InChI is InChI=1S/C6H14O2.C4H6N2.BH2O2/c1-5(2,7)6(3,4)8;1-6-4-2-3-5-6;2-1-3/h7-8H,1-4H3;2-4H,1H3;2-3H. The SMILES string of the molecule is CC(C)(O)C(C)(C)O.Cn1cccn1.O[B]O. The number of hydrogen-bond donors (Lipinski definition) is 4. The van der Waals surface area contributed by atoms with Gasteiger partial charge in [-0.2, -0.15) is 5.10 Å². The third kappa shape index (κ3) is 11.4. The molecule has 0 bridgehead atoms. The monoisotopic (exact) mass is 245 g/mol. The van der Waals surface area contributed by atoms with Crippen molar-refractivity contribution in [1.82, 2.24) is 9.78 Å². The van der Waals surface area contributed by atoms with E-state index in [9.17, 15) is 0 Å². The van der Waals surface area contributed by atoms with Gasteiger partial charge in [0.05, 0.1) is 11.2 Å². The molecule has 0 unspecified atom stereocenters. The van der Waals surface area contributed by atoms with Crippen LogP contribution in [0.25, 0.3) is 0 Å². The molecule has 7 heteroatoms. The van der Waals surface area contributed by atoms with Gasteiger partial charge in [0.25, 0.3) is 0 Å². The van der Waals surface area contributed by atoms with E-state index in [1.807, 2.05) is 19.3 Å². The molecule has 0 aliphatic heterocycles. The lowest BCUT2D eigenvalue weighted by Crippen LogP contribution is -2.44. The zero-order valence-electron chi connectivity index (χ0n) is 11.0. The molecule has 0 spiro atoms. The molecule has 1 radical (unpaired) electrons. The Morgan fingerprint density at radius 1 is 1.06 bits per heavy atom. The van der Waals surface area contributed by atoms with Gasteiger partial charge in [0, 0.05) is 19.4 Å². The summed E-state index contributed by atoms with van der Waals surface area (Å²) in [5, 5.41) is 36.0. The van der Waals surface area contributed by atoms with Crippen molar-refractivity contribution in [2.75, 3.05) is 0 Å². The van der Waals surface area contributed by atoms with Gasteiger partial charge in [-0.05, 0) is 33.8 Å². The minimum Gasteiger partial charge on any atom is -0.429 e. The maximum atomic E-state index is 9.10. The molecule has 1 heterocycles. The smallest absolute Gasteiger partial charge is 0.429 e. The van der Waals surface area contributed by atoms with Gasteiger partial charge in [-0.15, -0.1) is 0 Å². The third-order valence-corrected chi connectivity index (χ3v) is 2.13. The van der Waals surface area contributed by atoms with Crippen molar-refractivity contribution in [3.63, 3.8) is 0 Å². The highest BCUT2D eigenvalue weighted by Crippen LogP contribution is 2.19. The molecule has 17 heavy (non-hydrogen) atoms. The average molecular weight is 245 g/mol. The van der Waals surface area contributed by atoms with E-state index in [1.165, 1.54) is 0 Å². The summed E-state index contributed by atoms with van der Waals surface area (Å²) in [4.78, 5) is 0. The van der Waals surface area contributed by atoms with Crippen LogP contribution in [0.3, 0.4) is 0 Å². The van der Waals surface area contributed by atoms with E-state index in [0.717, 1.165) is 0 Å². The fourth-order valence-electron chi connectivity index (χ4n) is 0.345. The first-order valence-electron chi connectivity index (χ1n) is 5.04. The second-order valence-corrected chi connectivity index (χ2v) is 4.41. The lowest BCUT2D eigenvalue weighted by molar-refractivity contribution is -0.107. The summed E-state index contributed by atoms with van der Waals surface area (Å²) in [6, 6.07) is 1.89. The molecule has 0 fully saturated rings. The number of aryl methyl sites for hydroxylation is 1. The zero-order valence-corrected chi connectivity index (χ0v) is 11.0. The summed E-state index contributed by atoms with van der Waals surface area (Å²) in [6.45, 7) is 6.31. The first-order chi connectivity index (χ1) is 7.56. The van der Waals surface area contributed by atoms with Crippen molar-refractivity contribution in [3.8, 4) is 0 Å². The molecule has 0 amide bonds. The van der Waals surface area contributed by atoms with E-state index in [1.54, 1.807) is 38.6 Å². The van der Waals surface area contributed by atoms with Crippen molar-refractivity contribution in [3.05, 3.63) is 18.5 Å². The molecule has 0 aromatic carbocycles. The summed E-state index contributed by atoms with van der Waals surface area (Å²) in [7, 11) is 1.89. The zero-order chi connectivity index (χ0) is 14.1. The molecule has 0 saturated carbocycles. The fourth-order valence-corrected chi connectivity index (χ4v) is 0.345. The quantitative estimate of drug-likeness (QED) is 0.498. The van der Waals surface area contributed by atoms with Crippen LogP contribution >= 0.6 is 0 Å². The predicted molar refractivity (Wildman–Crippen MR) is 66.0 cm³/mol. The van der Waals surface area contributed by atoms with Crippen LogP contribution in [0.1, 0.15) is 27.7 Å². The van der Waals surface area contributed by atoms with Crippen LogP contribution in [0.15, 0.2) is 18.5 Å². The van der Waals surface area contributed by atoms with Gasteiger partial charge in [0.1, 0.15) is 0 Å². The Kier molecular flexibility index (Phi) is 8.96. The fraction of sp³-hybridized carbons (Fsp3) is 0.700. The van der Waals surface area contributed by atoms with Crippen LogP contribution in [0.4, 0.5) is 0 Å². The average Bonchev–Trinajstić information content (AvgIpc) is 2.54. The third-order valence-electron chi connectivity index (χ3n) is 2.13. The maximum absolute atomic E-state index is 9.10. The summed E-state index contributed by atoms with van der Waals surface area (Å²) >= 11 is 0. The first-order valence-corrected chi connectivity index (χ1v) is 5.04. The Balaban J connectivity index is 0. The van der Waals surface area contributed by atoms with Crippen LogP contribution in [-0.4, -0.2) is 48.9 Å². The van der Waals surface area contributed by atoms with E-state index in [4.69, 9.17) is 20.3 Å². The molecule has 4 N–H and O–H groups in total. The summed E-state index contributed by atoms with van der Waals surface area (Å²) in [5.74, 6) is 0. The molecule has 1 rings (SSSR count). The highest BCUT2D eigenvalue weighted by atomic mass is 16.4. The van der Waals surface area contributed by atoms with Crippen LogP contribution in [0.5, 0.6) is 0 Å². The molecule has 0 saturated heterocycles. The van der Waals surface area contributed by atoms with Gasteiger partial charge in [-0.1, -0.05) is 0 Å². The largest absolute Gasteiger partial charge is 0.482 e. The Morgan fingerprint density at radius 2 is 1.41 bits per heavy atom. The topological polar surface area (TPSA) is 98.7 Å². The van der Waals surface area contributed by atoms with Crippen molar-refractivity contribution >= 4 is 7.69 Å². The van der Waals surface area contributed by atoms with Crippen LogP contribution in [-0.2, 0) is 7.05 Å². The number of rotatable bonds is 1. The van der Waals surface area contributed by atoms with Gasteiger partial charge in [-0.3, -0.25) is 4.68 Å². The Morgan fingerprint density at radius 3 is 1.47 bits per heavy atom. The Labute approximate surface area is 103 Å². The van der Waals surface area contributed by atoms with Gasteiger partial charge in [0.15, 0.2) is 0 Å². The number of nitrogens with zero attached hydrogens (tertiary/aromatic N) is 2. The molecule has 1 aromatic heterocycles. The Hall–Kier alpha value is -0.885. The minimum absolute atomic E-state index is 0. The van der Waals surface area contributed by atoms with E-state index in [0.29, 0.717) is 0 Å². The number of hydrogen-bond acceptors (Lipinski definition) is 5. The van der Waals surface area contributed by atoms with Gasteiger partial charge in [0.2, 0.25) is 0 Å². The predicted octanol–water partition coefficient (Wildman–Crippen LogP) is -0.547. The van der Waals surface area contributed by atoms with Crippen molar-refractivity contribution in [2.24, 2.45) is 7.05 Å².